The van der Waals surface area contributed by atoms with Gasteiger partial charge >= 0.3 is 0 Å². The van der Waals surface area contributed by atoms with Crippen molar-refractivity contribution < 1.29 is 13.5 Å². The molecule has 0 atom stereocenters. The van der Waals surface area contributed by atoms with Gasteiger partial charge in [0.2, 0.25) is 5.65 Å². The van der Waals surface area contributed by atoms with Gasteiger partial charge in [0, 0.05) is 35.9 Å². The Kier molecular flexibility index (Phi) is 3.76. The molecule has 7 heteroatoms. The first-order valence-corrected chi connectivity index (χ1v) is 7.77. The Bertz CT molecular complexity index is 1160. The van der Waals surface area contributed by atoms with E-state index < -0.39 is 11.6 Å². The highest BCUT2D eigenvalue weighted by atomic mass is 19.1. The van der Waals surface area contributed by atoms with Gasteiger partial charge in [0.1, 0.15) is 17.4 Å². The molecule has 0 aliphatic heterocycles. The van der Waals surface area contributed by atoms with E-state index in [-0.39, 0.29) is 22.5 Å². The average Bonchev–Trinajstić information content (AvgIpc) is 3.07. The van der Waals surface area contributed by atoms with Crippen molar-refractivity contribution in [2.45, 2.75) is 0 Å². The van der Waals surface area contributed by atoms with Crippen molar-refractivity contribution >= 4 is 5.65 Å². The highest BCUT2D eigenvalue weighted by molar-refractivity contribution is 5.63. The fourth-order valence-corrected chi connectivity index (χ4v) is 2.75. The molecule has 0 fully saturated rings. The molecule has 0 aliphatic rings. The van der Waals surface area contributed by atoms with E-state index in [0.717, 1.165) is 12.1 Å². The van der Waals surface area contributed by atoms with Crippen LogP contribution >= 0.6 is 0 Å². The first-order chi connectivity index (χ1) is 12.6. The lowest BCUT2D eigenvalue weighted by Crippen LogP contribution is -2.19. The fourth-order valence-electron chi connectivity index (χ4n) is 2.75. The summed E-state index contributed by atoms with van der Waals surface area (Å²) in [6, 6.07) is 10.2. The zero-order valence-electron chi connectivity index (χ0n) is 13.7. The third-order valence-electron chi connectivity index (χ3n) is 4.08. The Morgan fingerprint density at radius 3 is 2.50 bits per heavy atom. The maximum atomic E-state index is 14.0. The third-order valence-corrected chi connectivity index (χ3v) is 4.08. The maximum Gasteiger partial charge on any atom is 0.298 e. The number of imidazole rings is 1. The summed E-state index contributed by atoms with van der Waals surface area (Å²) in [5.74, 6) is -0.724. The summed E-state index contributed by atoms with van der Waals surface area (Å²) < 4.78 is 35.2. The van der Waals surface area contributed by atoms with Gasteiger partial charge in [-0.05, 0) is 36.4 Å². The van der Waals surface area contributed by atoms with Crippen LogP contribution in [0.2, 0.25) is 0 Å². The number of methoxy groups -OCH3 is 1. The van der Waals surface area contributed by atoms with Crippen LogP contribution in [0.5, 0.6) is 5.75 Å². The van der Waals surface area contributed by atoms with Crippen molar-refractivity contribution in [1.29, 1.82) is 0 Å². The highest BCUT2D eigenvalue weighted by Gasteiger charge is 2.13. The molecule has 0 unspecified atom stereocenters. The average molecular weight is 353 g/mol. The van der Waals surface area contributed by atoms with Gasteiger partial charge in [-0.2, -0.15) is 0 Å². The molecule has 0 saturated heterocycles. The van der Waals surface area contributed by atoms with Crippen molar-refractivity contribution in [3.8, 4) is 22.7 Å². The van der Waals surface area contributed by atoms with Gasteiger partial charge in [0.15, 0.2) is 0 Å². The van der Waals surface area contributed by atoms with Crippen LogP contribution in [0.1, 0.15) is 0 Å². The molecule has 2 aromatic heterocycles. The first kappa shape index (κ1) is 16.0. The number of ether oxygens (including phenoxy) is 1. The van der Waals surface area contributed by atoms with Crippen molar-refractivity contribution in [2.75, 3.05) is 7.11 Å². The van der Waals surface area contributed by atoms with E-state index >= 15 is 0 Å². The van der Waals surface area contributed by atoms with Crippen LogP contribution in [-0.4, -0.2) is 21.1 Å². The van der Waals surface area contributed by atoms with Gasteiger partial charge in [-0.3, -0.25) is 9.36 Å². The molecule has 130 valence electrons. The van der Waals surface area contributed by atoms with Gasteiger partial charge in [0.05, 0.1) is 12.8 Å². The lowest BCUT2D eigenvalue weighted by molar-refractivity contribution is 0.414. The van der Waals surface area contributed by atoms with Crippen LogP contribution in [0, 0.1) is 11.6 Å². The lowest BCUT2D eigenvalue weighted by atomic mass is 10.1. The Morgan fingerprint density at radius 2 is 1.81 bits per heavy atom. The van der Waals surface area contributed by atoms with E-state index in [2.05, 4.69) is 4.98 Å². The monoisotopic (exact) mass is 353 g/mol. The molecule has 26 heavy (non-hydrogen) atoms. The van der Waals surface area contributed by atoms with Crippen LogP contribution in [0.4, 0.5) is 8.78 Å². The quantitative estimate of drug-likeness (QED) is 0.567. The predicted octanol–water partition coefficient (Wildman–Crippen LogP) is 3.44. The van der Waals surface area contributed by atoms with Gasteiger partial charge < -0.3 is 9.14 Å². The number of fused-ring (bicyclic) bond motifs is 1. The number of hydrogen-bond acceptors (Lipinski definition) is 3. The minimum atomic E-state index is -0.733. The number of nitrogens with zero attached hydrogens (tertiary/aromatic N) is 3. The van der Waals surface area contributed by atoms with Crippen LogP contribution in [0.3, 0.4) is 0 Å². The molecule has 0 spiro atoms. The zero-order valence-corrected chi connectivity index (χ0v) is 13.7. The molecule has 4 aromatic rings. The second kappa shape index (κ2) is 6.11. The van der Waals surface area contributed by atoms with E-state index in [0.29, 0.717) is 11.4 Å². The molecule has 0 saturated carbocycles. The fraction of sp³-hybridized carbons (Fsp3) is 0.0526. The second-order valence-corrected chi connectivity index (χ2v) is 5.65. The molecule has 2 heterocycles. The van der Waals surface area contributed by atoms with Crippen LogP contribution in [0.15, 0.2) is 65.8 Å². The molecular formula is C19H13F2N3O2. The zero-order chi connectivity index (χ0) is 18.3. The topological polar surface area (TPSA) is 48.5 Å². The summed E-state index contributed by atoms with van der Waals surface area (Å²) in [5.41, 5.74) is 0.821. The van der Waals surface area contributed by atoms with E-state index in [9.17, 15) is 13.6 Å². The summed E-state index contributed by atoms with van der Waals surface area (Å²) in [6.45, 7) is 0. The molecule has 2 aromatic carbocycles. The van der Waals surface area contributed by atoms with E-state index in [4.69, 9.17) is 4.74 Å². The summed E-state index contributed by atoms with van der Waals surface area (Å²) in [4.78, 5) is 17.0. The molecule has 0 radical (unpaired) electrons. The minimum Gasteiger partial charge on any atom is -0.497 e. The number of rotatable bonds is 3. The number of benzene rings is 2. The first-order valence-electron chi connectivity index (χ1n) is 7.77. The van der Waals surface area contributed by atoms with Gasteiger partial charge in [-0.25, -0.2) is 13.8 Å². The summed E-state index contributed by atoms with van der Waals surface area (Å²) in [6.07, 6.45) is 4.79. The van der Waals surface area contributed by atoms with Crippen molar-refractivity contribution in [1.82, 2.24) is 14.0 Å². The third kappa shape index (κ3) is 2.63. The van der Waals surface area contributed by atoms with Crippen LogP contribution in [-0.2, 0) is 0 Å². The lowest BCUT2D eigenvalue weighted by Gasteiger charge is -2.06. The maximum absolute atomic E-state index is 14.0. The predicted molar refractivity (Wildman–Crippen MR) is 92.7 cm³/mol. The largest absolute Gasteiger partial charge is 0.497 e. The van der Waals surface area contributed by atoms with E-state index in [1.54, 1.807) is 43.8 Å². The smallest absolute Gasteiger partial charge is 0.298 e. The number of hydrogen-bond donors (Lipinski definition) is 0. The van der Waals surface area contributed by atoms with Crippen LogP contribution in [0.25, 0.3) is 22.6 Å². The Balaban J connectivity index is 1.84. The molecular weight excluding hydrogens is 340 g/mol. The van der Waals surface area contributed by atoms with Gasteiger partial charge in [0.25, 0.3) is 5.56 Å². The molecule has 0 bridgehead atoms. The molecule has 0 N–H and O–H groups in total. The molecule has 0 amide bonds. The van der Waals surface area contributed by atoms with E-state index in [1.165, 1.54) is 21.2 Å². The summed E-state index contributed by atoms with van der Waals surface area (Å²) >= 11 is 0. The van der Waals surface area contributed by atoms with Crippen molar-refractivity contribution in [2.24, 2.45) is 0 Å². The Hall–Kier alpha value is -3.48. The summed E-state index contributed by atoms with van der Waals surface area (Å²) in [7, 11) is 1.56. The minimum absolute atomic E-state index is 0.130. The SMILES string of the molecule is COc1ccc(-n2ccn3cc(-c4ccc(F)cc4F)nc3c2=O)cc1. The van der Waals surface area contributed by atoms with E-state index in [1.807, 2.05) is 0 Å². The van der Waals surface area contributed by atoms with Gasteiger partial charge in [-0.1, -0.05) is 0 Å². The van der Waals surface area contributed by atoms with Crippen LogP contribution < -0.4 is 10.3 Å². The highest BCUT2D eigenvalue weighted by Crippen LogP contribution is 2.22. The molecule has 4 rings (SSSR count). The van der Waals surface area contributed by atoms with Crippen molar-refractivity contribution in [3.05, 3.63) is 83.0 Å². The Labute approximate surface area is 146 Å². The van der Waals surface area contributed by atoms with Gasteiger partial charge in [-0.15, -0.1) is 0 Å². The van der Waals surface area contributed by atoms with Crippen molar-refractivity contribution in [3.63, 3.8) is 0 Å². The second-order valence-electron chi connectivity index (χ2n) is 5.65. The Morgan fingerprint density at radius 1 is 1.04 bits per heavy atom. The summed E-state index contributed by atoms with van der Waals surface area (Å²) in [5, 5.41) is 0. The normalized spacial score (nSPS) is 11.0. The molecule has 0 aliphatic carbocycles. The number of halogens is 2. The standard InChI is InChI=1S/C19H13F2N3O2/c1-26-14-5-3-13(4-6-14)24-9-8-23-11-17(22-18(23)19(24)25)15-7-2-12(20)10-16(15)21/h2-11H,1H3. The molecule has 5 nitrogen and oxygen atoms in total. The number of aromatic nitrogens is 3.